The van der Waals surface area contributed by atoms with E-state index in [0.717, 1.165) is 73.1 Å². The maximum absolute atomic E-state index is 13.0. The van der Waals surface area contributed by atoms with Gasteiger partial charge in [-0.1, -0.05) is 58.4 Å². The van der Waals surface area contributed by atoms with E-state index < -0.39 is 0 Å². The van der Waals surface area contributed by atoms with Crippen molar-refractivity contribution in [2.75, 3.05) is 26.4 Å². The Kier molecular flexibility index (Phi) is 9.08. The number of benzene rings is 4. The number of hydrogen-bond acceptors (Lipinski definition) is 5. The molecule has 0 saturated carbocycles. The molecule has 4 aromatic carbocycles. The Morgan fingerprint density at radius 1 is 0.905 bits per heavy atom. The molecule has 5 aromatic rings. The largest absolute Gasteiger partial charge is 0.492 e. The van der Waals surface area contributed by atoms with E-state index in [4.69, 9.17) is 14.2 Å². The molecule has 0 aliphatic carbocycles. The third kappa shape index (κ3) is 6.80. The van der Waals surface area contributed by atoms with Gasteiger partial charge in [0.25, 0.3) is 0 Å². The highest BCUT2D eigenvalue weighted by atomic mass is 79.9. The second-order valence-corrected chi connectivity index (χ2v) is 12.7. The first-order valence-corrected chi connectivity index (χ1v) is 15.9. The SMILES string of the molecule is C[C@@H](COc1ccc(Oc2c(-c3ccc(Br)cc3)sc3cc(OCc4ccccc4)ccc23)cc1)N1CC[C@@H](CF)C1. The maximum atomic E-state index is 13.0. The van der Waals surface area contributed by atoms with Gasteiger partial charge >= 0.3 is 0 Å². The lowest BCUT2D eigenvalue weighted by molar-refractivity contribution is 0.165. The van der Waals surface area contributed by atoms with Crippen LogP contribution >= 0.6 is 27.3 Å². The quantitative estimate of drug-likeness (QED) is 0.143. The van der Waals surface area contributed by atoms with Crippen LogP contribution in [0, 0.1) is 5.92 Å². The third-order valence-corrected chi connectivity index (χ3v) is 9.38. The Hall–Kier alpha value is -3.39. The van der Waals surface area contributed by atoms with Crippen LogP contribution < -0.4 is 14.2 Å². The monoisotopic (exact) mass is 645 g/mol. The topological polar surface area (TPSA) is 30.9 Å². The molecule has 1 aromatic heterocycles. The van der Waals surface area contributed by atoms with Crippen LogP contribution in [0.5, 0.6) is 23.0 Å². The molecule has 2 heterocycles. The van der Waals surface area contributed by atoms with E-state index >= 15 is 0 Å². The van der Waals surface area contributed by atoms with Gasteiger partial charge in [0.2, 0.25) is 0 Å². The molecule has 0 N–H and O–H groups in total. The minimum atomic E-state index is -0.238. The number of hydrogen-bond donors (Lipinski definition) is 0. The Morgan fingerprint density at radius 3 is 2.38 bits per heavy atom. The van der Waals surface area contributed by atoms with Crippen molar-refractivity contribution in [3.8, 4) is 33.4 Å². The Balaban J connectivity index is 1.19. The molecule has 1 fully saturated rings. The van der Waals surface area contributed by atoms with Gasteiger partial charge in [-0.05, 0) is 85.6 Å². The second-order valence-electron chi connectivity index (χ2n) is 10.7. The molecule has 42 heavy (non-hydrogen) atoms. The van der Waals surface area contributed by atoms with Crippen LogP contribution in [0.3, 0.4) is 0 Å². The number of halogens is 2. The molecule has 0 bridgehead atoms. The first-order valence-electron chi connectivity index (χ1n) is 14.3. The van der Waals surface area contributed by atoms with Crippen LogP contribution in [0.15, 0.2) is 102 Å². The van der Waals surface area contributed by atoms with Crippen molar-refractivity contribution in [3.63, 3.8) is 0 Å². The minimum absolute atomic E-state index is 0.160. The van der Waals surface area contributed by atoms with Crippen LogP contribution in [0.25, 0.3) is 20.5 Å². The molecule has 0 spiro atoms. The van der Waals surface area contributed by atoms with Gasteiger partial charge in [0.05, 0.1) is 11.6 Å². The van der Waals surface area contributed by atoms with Crippen LogP contribution in [-0.2, 0) is 6.61 Å². The Labute approximate surface area is 258 Å². The van der Waals surface area contributed by atoms with Gasteiger partial charge in [0, 0.05) is 33.1 Å². The molecule has 1 aliphatic heterocycles. The lowest BCUT2D eigenvalue weighted by atomic mass is 10.1. The molecule has 4 nitrogen and oxygen atoms in total. The minimum Gasteiger partial charge on any atom is -0.492 e. The summed E-state index contributed by atoms with van der Waals surface area (Å²) in [7, 11) is 0. The summed E-state index contributed by atoms with van der Waals surface area (Å²) in [5.74, 6) is 3.34. The zero-order valence-corrected chi connectivity index (χ0v) is 25.9. The van der Waals surface area contributed by atoms with Crippen molar-refractivity contribution in [2.45, 2.75) is 26.0 Å². The van der Waals surface area contributed by atoms with Crippen molar-refractivity contribution in [1.29, 1.82) is 0 Å². The van der Waals surface area contributed by atoms with Gasteiger partial charge in [0.15, 0.2) is 5.75 Å². The highest BCUT2D eigenvalue weighted by molar-refractivity contribution is 9.10. The molecule has 0 radical (unpaired) electrons. The summed E-state index contributed by atoms with van der Waals surface area (Å²) in [4.78, 5) is 3.37. The highest BCUT2D eigenvalue weighted by Crippen LogP contribution is 2.47. The van der Waals surface area contributed by atoms with Crippen LogP contribution in [0.2, 0.25) is 0 Å². The Morgan fingerprint density at radius 2 is 1.64 bits per heavy atom. The van der Waals surface area contributed by atoms with E-state index in [1.165, 1.54) is 0 Å². The lowest BCUT2D eigenvalue weighted by Gasteiger charge is -2.24. The van der Waals surface area contributed by atoms with Crippen LogP contribution in [-0.4, -0.2) is 37.3 Å². The Bertz CT molecular complexity index is 1610. The smallest absolute Gasteiger partial charge is 0.153 e. The highest BCUT2D eigenvalue weighted by Gasteiger charge is 2.26. The zero-order chi connectivity index (χ0) is 28.9. The van der Waals surface area contributed by atoms with Crippen molar-refractivity contribution in [3.05, 3.63) is 107 Å². The van der Waals surface area contributed by atoms with E-state index in [9.17, 15) is 4.39 Å². The predicted octanol–water partition coefficient (Wildman–Crippen LogP) is 9.76. The summed E-state index contributed by atoms with van der Waals surface area (Å²) >= 11 is 5.24. The number of alkyl halides is 1. The summed E-state index contributed by atoms with van der Waals surface area (Å²) in [6.07, 6.45) is 0.925. The van der Waals surface area contributed by atoms with Gasteiger partial charge < -0.3 is 14.2 Å². The third-order valence-electron chi connectivity index (χ3n) is 7.66. The van der Waals surface area contributed by atoms with E-state index in [2.05, 4.69) is 64.2 Å². The summed E-state index contributed by atoms with van der Waals surface area (Å²) in [6.45, 7) is 4.73. The zero-order valence-electron chi connectivity index (χ0n) is 23.5. The van der Waals surface area contributed by atoms with Gasteiger partial charge in [-0.3, -0.25) is 9.29 Å². The normalized spacial score (nSPS) is 16.0. The number of rotatable bonds is 11. The standard InChI is InChI=1S/C35H33BrFNO3S/c1-24(38-18-17-26(20-37)21-38)22-39-29-11-13-30(14-12-29)41-34-32-16-15-31(40-23-25-5-3-2-4-6-25)19-33(32)42-35(34)27-7-9-28(36)10-8-27/h2-16,19,24,26H,17-18,20-23H2,1H3/t24-,26-/m0/s1. The fourth-order valence-electron chi connectivity index (χ4n) is 5.21. The van der Waals surface area contributed by atoms with E-state index in [0.29, 0.717) is 13.2 Å². The van der Waals surface area contributed by atoms with Gasteiger partial charge in [0.1, 0.15) is 30.5 Å². The number of nitrogens with zero attached hydrogens (tertiary/aromatic N) is 1. The van der Waals surface area contributed by atoms with Crippen molar-refractivity contribution >= 4 is 37.4 Å². The molecule has 0 unspecified atom stereocenters. The van der Waals surface area contributed by atoms with Crippen LogP contribution in [0.1, 0.15) is 18.9 Å². The van der Waals surface area contributed by atoms with Gasteiger partial charge in [-0.2, -0.15) is 0 Å². The number of thiophene rings is 1. The fraction of sp³-hybridized carbons (Fsp3) is 0.257. The lowest BCUT2D eigenvalue weighted by Crippen LogP contribution is -2.35. The number of fused-ring (bicyclic) bond motifs is 1. The molecule has 0 amide bonds. The maximum Gasteiger partial charge on any atom is 0.153 e. The summed E-state index contributed by atoms with van der Waals surface area (Å²) in [5.41, 5.74) is 2.22. The van der Waals surface area contributed by atoms with E-state index in [-0.39, 0.29) is 18.6 Å². The fourth-order valence-corrected chi connectivity index (χ4v) is 6.64. The molecule has 1 saturated heterocycles. The van der Waals surface area contributed by atoms with Crippen molar-refractivity contribution < 1.29 is 18.6 Å². The number of likely N-dealkylation sites (tertiary alicyclic amines) is 1. The van der Waals surface area contributed by atoms with Gasteiger partial charge in [-0.15, -0.1) is 11.3 Å². The van der Waals surface area contributed by atoms with Crippen molar-refractivity contribution in [1.82, 2.24) is 4.90 Å². The molecular weight excluding hydrogens is 613 g/mol. The summed E-state index contributed by atoms with van der Waals surface area (Å²) in [5, 5.41) is 1.04. The summed E-state index contributed by atoms with van der Waals surface area (Å²) < 4.78 is 33.9. The second kappa shape index (κ2) is 13.3. The molecule has 6 rings (SSSR count). The molecule has 7 heteroatoms. The molecular formula is C35H33BrFNO3S. The van der Waals surface area contributed by atoms with Crippen LogP contribution in [0.4, 0.5) is 4.39 Å². The average molecular weight is 647 g/mol. The molecule has 1 aliphatic rings. The first-order chi connectivity index (χ1) is 20.6. The van der Waals surface area contributed by atoms with E-state index in [1.54, 1.807) is 11.3 Å². The van der Waals surface area contributed by atoms with Gasteiger partial charge in [-0.25, -0.2) is 0 Å². The first kappa shape index (κ1) is 28.7. The molecule has 216 valence electrons. The average Bonchev–Trinajstić information content (AvgIpc) is 3.65. The molecule has 2 atom stereocenters. The van der Waals surface area contributed by atoms with Crippen molar-refractivity contribution in [2.24, 2.45) is 5.92 Å². The predicted molar refractivity (Wildman–Crippen MR) is 173 cm³/mol. The summed E-state index contributed by atoms with van der Waals surface area (Å²) in [6, 6.07) is 32.7. The number of ether oxygens (including phenoxy) is 3. The van der Waals surface area contributed by atoms with E-state index in [1.807, 2.05) is 60.7 Å².